The van der Waals surface area contributed by atoms with Crippen molar-refractivity contribution in [1.82, 2.24) is 4.31 Å². The average molecular weight is 493 g/mol. The van der Waals surface area contributed by atoms with Crippen LogP contribution in [0.1, 0.15) is 40.5 Å². The number of imide groups is 1. The third kappa shape index (κ3) is 4.95. The largest absolute Gasteiger partial charge is 0.427 e. The summed E-state index contributed by atoms with van der Waals surface area (Å²) in [5.74, 6) is -1.39. The third-order valence-corrected chi connectivity index (χ3v) is 7.98. The van der Waals surface area contributed by atoms with Crippen LogP contribution in [-0.2, 0) is 24.4 Å². The van der Waals surface area contributed by atoms with Gasteiger partial charge in [-0.3, -0.25) is 14.4 Å². The van der Waals surface area contributed by atoms with E-state index < -0.39 is 39.4 Å². The monoisotopic (exact) mass is 492 g/mol. The third-order valence-electron chi connectivity index (χ3n) is 5.59. The SMILES string of the molecule is CCC(C)(C)N(C1CC(=O)N(c2ccc(OC(C)=O)cc2)C1=O)S(=O)(=O)c1ccc(Cl)cc1. The van der Waals surface area contributed by atoms with Crippen LogP contribution >= 0.6 is 11.6 Å². The molecule has 1 fully saturated rings. The van der Waals surface area contributed by atoms with Crippen LogP contribution in [0.2, 0.25) is 5.02 Å². The summed E-state index contributed by atoms with van der Waals surface area (Å²) in [6.07, 6.45) is 0.121. The zero-order chi connectivity index (χ0) is 24.6. The van der Waals surface area contributed by atoms with Crippen molar-refractivity contribution >= 4 is 45.1 Å². The van der Waals surface area contributed by atoms with Gasteiger partial charge < -0.3 is 4.74 Å². The Hall–Kier alpha value is -2.75. The molecule has 1 aliphatic rings. The Bertz CT molecular complexity index is 1180. The number of nitrogens with zero attached hydrogens (tertiary/aromatic N) is 2. The Labute approximate surface area is 198 Å². The molecule has 0 bridgehead atoms. The molecule has 2 aromatic carbocycles. The predicted octanol–water partition coefficient (Wildman–Crippen LogP) is 3.78. The molecule has 3 rings (SSSR count). The molecule has 2 aromatic rings. The minimum absolute atomic E-state index is 0.0159. The van der Waals surface area contributed by atoms with E-state index >= 15 is 0 Å². The van der Waals surface area contributed by atoms with E-state index in [2.05, 4.69) is 0 Å². The van der Waals surface area contributed by atoms with Gasteiger partial charge in [-0.15, -0.1) is 0 Å². The Morgan fingerprint density at radius 3 is 2.21 bits per heavy atom. The van der Waals surface area contributed by atoms with Gasteiger partial charge >= 0.3 is 5.97 Å². The van der Waals surface area contributed by atoms with E-state index in [9.17, 15) is 22.8 Å². The highest BCUT2D eigenvalue weighted by Crippen LogP contribution is 2.36. The number of ether oxygens (including phenoxy) is 1. The highest BCUT2D eigenvalue weighted by atomic mass is 35.5. The van der Waals surface area contributed by atoms with Crippen LogP contribution in [0, 0.1) is 0 Å². The average Bonchev–Trinajstić information content (AvgIpc) is 3.01. The molecule has 33 heavy (non-hydrogen) atoms. The van der Waals surface area contributed by atoms with E-state index in [1.54, 1.807) is 13.8 Å². The van der Waals surface area contributed by atoms with Gasteiger partial charge in [0.05, 0.1) is 17.0 Å². The van der Waals surface area contributed by atoms with Crippen molar-refractivity contribution in [2.45, 2.75) is 57.0 Å². The fourth-order valence-electron chi connectivity index (χ4n) is 3.69. The van der Waals surface area contributed by atoms with Crippen molar-refractivity contribution in [3.63, 3.8) is 0 Å². The van der Waals surface area contributed by atoms with Crippen LogP contribution < -0.4 is 9.64 Å². The number of carbonyl (C=O) groups excluding carboxylic acids is 3. The molecule has 0 N–H and O–H groups in total. The number of carbonyl (C=O) groups is 3. The van der Waals surface area contributed by atoms with E-state index in [1.165, 1.54) is 55.5 Å². The lowest BCUT2D eigenvalue weighted by Gasteiger charge is -2.39. The lowest BCUT2D eigenvalue weighted by atomic mass is 10.00. The smallest absolute Gasteiger partial charge is 0.308 e. The quantitative estimate of drug-likeness (QED) is 0.331. The Balaban J connectivity index is 2.01. The van der Waals surface area contributed by atoms with Crippen molar-refractivity contribution in [2.24, 2.45) is 0 Å². The summed E-state index contributed by atoms with van der Waals surface area (Å²) in [6, 6.07) is 10.3. The topological polar surface area (TPSA) is 101 Å². The van der Waals surface area contributed by atoms with Crippen LogP contribution in [0.5, 0.6) is 5.75 Å². The Kier molecular flexibility index (Phi) is 6.97. The van der Waals surface area contributed by atoms with Gasteiger partial charge in [0.1, 0.15) is 11.8 Å². The standard InChI is InChI=1S/C23H25ClN2O6S/c1-5-23(3,4)26(33(30,31)19-12-6-16(24)7-13-19)20-14-21(28)25(22(20)29)17-8-10-18(11-9-17)32-15(2)27/h6-13,20H,5,14H2,1-4H3. The molecule has 0 saturated carbocycles. The maximum absolute atomic E-state index is 13.6. The number of esters is 1. The molecule has 10 heteroatoms. The van der Waals surface area contributed by atoms with Crippen molar-refractivity contribution in [3.05, 3.63) is 53.6 Å². The number of sulfonamides is 1. The fourth-order valence-corrected chi connectivity index (χ4v) is 5.80. The maximum Gasteiger partial charge on any atom is 0.308 e. The summed E-state index contributed by atoms with van der Waals surface area (Å²) in [5, 5.41) is 0.380. The first-order chi connectivity index (χ1) is 15.4. The van der Waals surface area contributed by atoms with Crippen LogP contribution in [0.4, 0.5) is 5.69 Å². The fraction of sp³-hybridized carbons (Fsp3) is 0.348. The summed E-state index contributed by atoms with van der Waals surface area (Å²) in [6.45, 7) is 6.51. The van der Waals surface area contributed by atoms with E-state index in [0.717, 1.165) is 9.21 Å². The molecule has 1 aliphatic heterocycles. The molecule has 0 radical (unpaired) electrons. The van der Waals surface area contributed by atoms with Crippen molar-refractivity contribution in [3.8, 4) is 5.75 Å². The van der Waals surface area contributed by atoms with Gasteiger partial charge in [-0.05, 0) is 68.8 Å². The molecule has 1 unspecified atom stereocenters. The van der Waals surface area contributed by atoms with Crippen LogP contribution in [-0.4, -0.2) is 42.1 Å². The minimum atomic E-state index is -4.14. The summed E-state index contributed by atoms with van der Waals surface area (Å²) < 4.78 is 33.4. The van der Waals surface area contributed by atoms with E-state index in [0.29, 0.717) is 11.4 Å². The molecule has 0 spiro atoms. The van der Waals surface area contributed by atoms with Gasteiger partial charge in [-0.25, -0.2) is 13.3 Å². The molecule has 2 amide bonds. The minimum Gasteiger partial charge on any atom is -0.427 e. The summed E-state index contributed by atoms with van der Waals surface area (Å²) in [7, 11) is -4.14. The number of rotatable bonds is 7. The summed E-state index contributed by atoms with van der Waals surface area (Å²) >= 11 is 5.91. The lowest BCUT2D eigenvalue weighted by molar-refractivity contribution is -0.132. The van der Waals surface area contributed by atoms with Crippen molar-refractivity contribution < 1.29 is 27.5 Å². The first-order valence-corrected chi connectivity index (χ1v) is 12.2. The second-order valence-corrected chi connectivity index (χ2v) is 10.5. The van der Waals surface area contributed by atoms with Crippen LogP contribution in [0.15, 0.2) is 53.4 Å². The normalized spacial score (nSPS) is 17.0. The molecule has 8 nitrogen and oxygen atoms in total. The second kappa shape index (κ2) is 9.24. The van der Waals surface area contributed by atoms with Gasteiger partial charge in [-0.1, -0.05) is 18.5 Å². The molecular formula is C23H25ClN2O6S. The molecule has 0 aromatic heterocycles. The summed E-state index contributed by atoms with van der Waals surface area (Å²) in [5.41, 5.74) is -0.685. The number of halogens is 1. The van der Waals surface area contributed by atoms with Crippen LogP contribution in [0.3, 0.4) is 0 Å². The van der Waals surface area contributed by atoms with Gasteiger partial charge in [0.15, 0.2) is 0 Å². The van der Waals surface area contributed by atoms with E-state index in [1.807, 2.05) is 6.92 Å². The number of benzene rings is 2. The van der Waals surface area contributed by atoms with Crippen LogP contribution in [0.25, 0.3) is 0 Å². The molecule has 1 heterocycles. The second-order valence-electron chi connectivity index (χ2n) is 8.30. The Morgan fingerprint density at radius 1 is 1.12 bits per heavy atom. The van der Waals surface area contributed by atoms with Gasteiger partial charge in [-0.2, -0.15) is 4.31 Å². The van der Waals surface area contributed by atoms with E-state index in [-0.39, 0.29) is 22.8 Å². The Morgan fingerprint density at radius 2 is 1.70 bits per heavy atom. The van der Waals surface area contributed by atoms with Crippen molar-refractivity contribution in [1.29, 1.82) is 0 Å². The molecule has 1 atom stereocenters. The first-order valence-electron chi connectivity index (χ1n) is 10.3. The number of hydrogen-bond acceptors (Lipinski definition) is 6. The summed E-state index contributed by atoms with van der Waals surface area (Å²) in [4.78, 5) is 38.3. The number of hydrogen-bond donors (Lipinski definition) is 0. The van der Waals surface area contributed by atoms with E-state index in [4.69, 9.17) is 16.3 Å². The van der Waals surface area contributed by atoms with Gasteiger partial charge in [0, 0.05) is 17.5 Å². The molecule has 176 valence electrons. The molecule has 1 saturated heterocycles. The van der Waals surface area contributed by atoms with Gasteiger partial charge in [0.25, 0.3) is 5.91 Å². The molecule has 0 aliphatic carbocycles. The maximum atomic E-state index is 13.6. The predicted molar refractivity (Wildman–Crippen MR) is 123 cm³/mol. The zero-order valence-electron chi connectivity index (χ0n) is 18.7. The van der Waals surface area contributed by atoms with Gasteiger partial charge in [0.2, 0.25) is 15.9 Å². The van der Waals surface area contributed by atoms with Crippen molar-refractivity contribution in [2.75, 3.05) is 4.90 Å². The lowest BCUT2D eigenvalue weighted by Crippen LogP contribution is -2.55. The number of anilines is 1. The zero-order valence-corrected chi connectivity index (χ0v) is 20.3. The highest BCUT2D eigenvalue weighted by molar-refractivity contribution is 7.89. The highest BCUT2D eigenvalue weighted by Gasteiger charge is 2.51. The first kappa shape index (κ1) is 24.9. The molecular weight excluding hydrogens is 468 g/mol. The number of amides is 2.